The van der Waals surface area contributed by atoms with Gasteiger partial charge in [-0.2, -0.15) is 0 Å². The van der Waals surface area contributed by atoms with Crippen LogP contribution < -0.4 is 0 Å². The van der Waals surface area contributed by atoms with E-state index in [-0.39, 0.29) is 0 Å². The highest BCUT2D eigenvalue weighted by Crippen LogP contribution is 2.37. The second-order valence-electron chi connectivity index (χ2n) is 6.75. The lowest BCUT2D eigenvalue weighted by molar-refractivity contribution is 1.01. The van der Waals surface area contributed by atoms with E-state index in [4.69, 9.17) is 4.98 Å². The van der Waals surface area contributed by atoms with Gasteiger partial charge in [0.05, 0.1) is 11.4 Å². The summed E-state index contributed by atoms with van der Waals surface area (Å²) in [5, 5.41) is 0. The third kappa shape index (κ3) is 3.23. The van der Waals surface area contributed by atoms with E-state index in [0.29, 0.717) is 0 Å². The summed E-state index contributed by atoms with van der Waals surface area (Å²) in [6.45, 7) is 0. The maximum Gasteiger partial charge on any atom is 0.146 e. The van der Waals surface area contributed by atoms with Gasteiger partial charge in [-0.15, -0.1) is 0 Å². The van der Waals surface area contributed by atoms with E-state index in [1.807, 2.05) is 66.9 Å². The van der Waals surface area contributed by atoms with Crippen molar-refractivity contribution in [1.29, 1.82) is 0 Å². The fraction of sp³-hybridized carbons (Fsp3) is 0. The lowest BCUT2D eigenvalue weighted by atomic mass is 10.0. The highest BCUT2D eigenvalue weighted by molar-refractivity contribution is 5.83. The smallest absolute Gasteiger partial charge is 0.146 e. The average molecular weight is 373 g/mol. The van der Waals surface area contributed by atoms with E-state index >= 15 is 0 Å². The van der Waals surface area contributed by atoms with Crippen molar-refractivity contribution < 1.29 is 0 Å². The molecule has 0 bridgehead atoms. The van der Waals surface area contributed by atoms with Gasteiger partial charge in [0.2, 0.25) is 0 Å². The number of aromatic nitrogens is 3. The van der Waals surface area contributed by atoms with E-state index in [2.05, 4.69) is 58.1 Å². The molecule has 138 valence electrons. The number of hydrogen-bond donors (Lipinski definition) is 0. The normalized spacial score (nSPS) is 10.8. The monoisotopic (exact) mass is 373 g/mol. The first-order valence-corrected chi connectivity index (χ1v) is 9.62. The van der Waals surface area contributed by atoms with Crippen LogP contribution >= 0.6 is 0 Å². The molecule has 3 aromatic carbocycles. The Hall–Kier alpha value is -3.98. The zero-order chi connectivity index (χ0) is 19.5. The van der Waals surface area contributed by atoms with Crippen LogP contribution in [0.2, 0.25) is 0 Å². The molecule has 0 fully saturated rings. The molecule has 5 rings (SSSR count). The molecule has 2 heterocycles. The predicted octanol–water partition coefficient (Wildman–Crippen LogP) is 6.27. The van der Waals surface area contributed by atoms with Crippen molar-refractivity contribution in [2.24, 2.45) is 0 Å². The SMILES string of the molecule is c1ccc(-c2nc(-c3ccccc3)n(-c3ccccn3)c2-c2ccccc2)cc1. The number of benzene rings is 3. The third-order valence-corrected chi connectivity index (χ3v) is 4.88. The maximum atomic E-state index is 5.13. The number of rotatable bonds is 4. The molecular weight excluding hydrogens is 354 g/mol. The zero-order valence-electron chi connectivity index (χ0n) is 15.8. The van der Waals surface area contributed by atoms with Gasteiger partial charge in [-0.05, 0) is 12.1 Å². The first kappa shape index (κ1) is 17.1. The molecule has 0 aliphatic carbocycles. The highest BCUT2D eigenvalue weighted by atomic mass is 15.1. The van der Waals surface area contributed by atoms with Crippen molar-refractivity contribution in [3.05, 3.63) is 115 Å². The van der Waals surface area contributed by atoms with Gasteiger partial charge in [-0.3, -0.25) is 4.57 Å². The minimum absolute atomic E-state index is 0.847. The fourth-order valence-corrected chi connectivity index (χ4v) is 3.57. The molecule has 0 spiro atoms. The Morgan fingerprint density at radius 2 is 1.07 bits per heavy atom. The molecule has 0 saturated carbocycles. The molecule has 5 aromatic rings. The highest BCUT2D eigenvalue weighted by Gasteiger charge is 2.22. The summed E-state index contributed by atoms with van der Waals surface area (Å²) in [6, 6.07) is 37.0. The summed E-state index contributed by atoms with van der Waals surface area (Å²) < 4.78 is 2.16. The average Bonchev–Trinajstić information content (AvgIpc) is 3.22. The molecule has 0 amide bonds. The number of pyridine rings is 1. The van der Waals surface area contributed by atoms with Crippen LogP contribution in [0, 0.1) is 0 Å². The molecule has 0 aliphatic heterocycles. The Morgan fingerprint density at radius 3 is 1.66 bits per heavy atom. The molecule has 0 N–H and O–H groups in total. The first-order valence-electron chi connectivity index (χ1n) is 9.62. The second-order valence-corrected chi connectivity index (χ2v) is 6.75. The molecule has 3 nitrogen and oxygen atoms in total. The van der Waals surface area contributed by atoms with Crippen molar-refractivity contribution in [3.63, 3.8) is 0 Å². The molecule has 3 heteroatoms. The van der Waals surface area contributed by atoms with Gasteiger partial charge >= 0.3 is 0 Å². The topological polar surface area (TPSA) is 30.7 Å². The van der Waals surface area contributed by atoms with Gasteiger partial charge in [0.15, 0.2) is 0 Å². The van der Waals surface area contributed by atoms with Gasteiger partial charge in [-0.25, -0.2) is 9.97 Å². The van der Waals surface area contributed by atoms with Crippen LogP contribution in [-0.4, -0.2) is 14.5 Å². The maximum absolute atomic E-state index is 5.13. The van der Waals surface area contributed by atoms with Crippen molar-refractivity contribution in [3.8, 4) is 39.7 Å². The Balaban J connectivity index is 1.89. The van der Waals surface area contributed by atoms with Crippen LogP contribution in [0.5, 0.6) is 0 Å². The molecule has 0 atom stereocenters. The fourth-order valence-electron chi connectivity index (χ4n) is 3.57. The minimum Gasteiger partial charge on any atom is -0.276 e. The van der Waals surface area contributed by atoms with E-state index in [1.54, 1.807) is 0 Å². The number of nitrogens with zero attached hydrogens (tertiary/aromatic N) is 3. The molecule has 0 aliphatic rings. The van der Waals surface area contributed by atoms with Crippen molar-refractivity contribution in [2.45, 2.75) is 0 Å². The molecule has 0 unspecified atom stereocenters. The quantitative estimate of drug-likeness (QED) is 0.372. The zero-order valence-corrected chi connectivity index (χ0v) is 15.8. The van der Waals surface area contributed by atoms with Crippen LogP contribution in [0.3, 0.4) is 0 Å². The van der Waals surface area contributed by atoms with Gasteiger partial charge in [0, 0.05) is 22.9 Å². The number of imidazole rings is 1. The summed E-state index contributed by atoms with van der Waals surface area (Å²) in [5.74, 6) is 1.72. The standard InChI is InChI=1S/C26H19N3/c1-4-12-20(13-5-1)24-25(21-14-6-2-7-15-21)29(23-18-10-11-19-27-23)26(28-24)22-16-8-3-9-17-22/h1-19H. The lowest BCUT2D eigenvalue weighted by Crippen LogP contribution is -2.02. The van der Waals surface area contributed by atoms with E-state index in [1.165, 1.54) is 0 Å². The van der Waals surface area contributed by atoms with Crippen LogP contribution in [0.1, 0.15) is 0 Å². The van der Waals surface area contributed by atoms with Crippen LogP contribution in [-0.2, 0) is 0 Å². The first-order chi connectivity index (χ1) is 14.4. The molecule has 29 heavy (non-hydrogen) atoms. The number of hydrogen-bond acceptors (Lipinski definition) is 2. The van der Waals surface area contributed by atoms with Crippen LogP contribution in [0.15, 0.2) is 115 Å². The van der Waals surface area contributed by atoms with Gasteiger partial charge in [-0.1, -0.05) is 97.1 Å². The van der Waals surface area contributed by atoms with Gasteiger partial charge in [0.1, 0.15) is 11.6 Å². The summed E-state index contributed by atoms with van der Waals surface area (Å²) in [7, 11) is 0. The molecule has 0 radical (unpaired) electrons. The Kier molecular flexibility index (Phi) is 4.47. The minimum atomic E-state index is 0.847. The van der Waals surface area contributed by atoms with Gasteiger partial charge < -0.3 is 0 Å². The van der Waals surface area contributed by atoms with Gasteiger partial charge in [0.25, 0.3) is 0 Å². The van der Waals surface area contributed by atoms with E-state index < -0.39 is 0 Å². The second kappa shape index (κ2) is 7.56. The Bertz CT molecular complexity index is 1120. The molecular formula is C26H19N3. The van der Waals surface area contributed by atoms with Crippen molar-refractivity contribution >= 4 is 0 Å². The summed E-state index contributed by atoms with van der Waals surface area (Å²) in [5.41, 5.74) is 5.22. The van der Waals surface area contributed by atoms with Crippen molar-refractivity contribution in [1.82, 2.24) is 14.5 Å². The van der Waals surface area contributed by atoms with E-state index in [0.717, 1.165) is 39.7 Å². The van der Waals surface area contributed by atoms with Crippen LogP contribution in [0.25, 0.3) is 39.7 Å². The molecule has 2 aromatic heterocycles. The van der Waals surface area contributed by atoms with E-state index in [9.17, 15) is 0 Å². The molecule has 0 saturated heterocycles. The Morgan fingerprint density at radius 1 is 0.517 bits per heavy atom. The largest absolute Gasteiger partial charge is 0.276 e. The van der Waals surface area contributed by atoms with Crippen molar-refractivity contribution in [2.75, 3.05) is 0 Å². The Labute approximate surface area is 170 Å². The summed E-state index contributed by atoms with van der Waals surface area (Å²) >= 11 is 0. The van der Waals surface area contributed by atoms with Crippen LogP contribution in [0.4, 0.5) is 0 Å². The summed E-state index contributed by atoms with van der Waals surface area (Å²) in [6.07, 6.45) is 1.82. The summed E-state index contributed by atoms with van der Waals surface area (Å²) in [4.78, 5) is 9.78. The third-order valence-electron chi connectivity index (χ3n) is 4.88. The predicted molar refractivity (Wildman–Crippen MR) is 118 cm³/mol. The lowest BCUT2D eigenvalue weighted by Gasteiger charge is -2.12.